The predicted molar refractivity (Wildman–Crippen MR) is 85.1 cm³/mol. The van der Waals surface area contributed by atoms with Crippen LogP contribution in [0.15, 0.2) is 0 Å². The lowest BCUT2D eigenvalue weighted by Gasteiger charge is -2.30. The Bertz CT molecular complexity index is 451. The van der Waals surface area contributed by atoms with Gasteiger partial charge >= 0.3 is 0 Å². The molecule has 0 saturated carbocycles. The number of aliphatic hydroxyl groups excluding tert-OH is 1. The number of anilines is 2. The first-order valence-corrected chi connectivity index (χ1v) is 8.03. The molecule has 1 N–H and O–H groups in total. The Morgan fingerprint density at radius 3 is 2.52 bits per heavy atom. The third-order valence-electron chi connectivity index (χ3n) is 3.66. The Hall–Kier alpha value is -1.14. The van der Waals surface area contributed by atoms with Crippen molar-refractivity contribution in [1.29, 1.82) is 0 Å². The molecule has 0 bridgehead atoms. The maximum atomic E-state index is 9.04. The Morgan fingerprint density at radius 1 is 1.19 bits per heavy atom. The molecule has 6 nitrogen and oxygen atoms in total. The standard InChI is InChI=1S/C14H24ClN5O/c1-11(2)20(9-6-10-21)14-17-12(15)16-13(18-14)19-7-4-3-5-8-19/h11,21H,3-10H2,1-2H3. The van der Waals surface area contributed by atoms with Gasteiger partial charge in [0.2, 0.25) is 17.2 Å². The summed E-state index contributed by atoms with van der Waals surface area (Å²) in [6, 6.07) is 0.240. The highest BCUT2D eigenvalue weighted by atomic mass is 35.5. The minimum Gasteiger partial charge on any atom is -0.396 e. The van der Waals surface area contributed by atoms with E-state index in [9.17, 15) is 0 Å². The first-order valence-electron chi connectivity index (χ1n) is 7.66. The fraction of sp³-hybridized carbons (Fsp3) is 0.786. The minimum absolute atomic E-state index is 0.154. The molecule has 1 aliphatic heterocycles. The first kappa shape index (κ1) is 16.2. The largest absolute Gasteiger partial charge is 0.396 e. The number of nitrogens with zero attached hydrogens (tertiary/aromatic N) is 5. The molecule has 0 atom stereocenters. The summed E-state index contributed by atoms with van der Waals surface area (Å²) >= 11 is 6.09. The van der Waals surface area contributed by atoms with Crippen molar-refractivity contribution in [3.05, 3.63) is 5.28 Å². The van der Waals surface area contributed by atoms with Crippen molar-refractivity contribution in [2.75, 3.05) is 36.0 Å². The van der Waals surface area contributed by atoms with Gasteiger partial charge in [0.25, 0.3) is 0 Å². The fourth-order valence-corrected chi connectivity index (χ4v) is 2.67. The monoisotopic (exact) mass is 313 g/mol. The van der Waals surface area contributed by atoms with Crippen molar-refractivity contribution in [2.24, 2.45) is 0 Å². The summed E-state index contributed by atoms with van der Waals surface area (Å²) in [6.07, 6.45) is 4.27. The van der Waals surface area contributed by atoms with Crippen molar-refractivity contribution < 1.29 is 5.11 Å². The Kier molecular flexibility index (Phi) is 5.99. The van der Waals surface area contributed by atoms with Gasteiger partial charge in [-0.1, -0.05) is 0 Å². The SMILES string of the molecule is CC(C)N(CCCO)c1nc(Cl)nc(N2CCCCC2)n1. The number of hydrogen-bond acceptors (Lipinski definition) is 6. The van der Waals surface area contributed by atoms with Gasteiger partial charge < -0.3 is 14.9 Å². The van der Waals surface area contributed by atoms with Gasteiger partial charge in [0.05, 0.1) is 0 Å². The van der Waals surface area contributed by atoms with Gasteiger partial charge in [-0.25, -0.2) is 0 Å². The minimum atomic E-state index is 0.154. The van der Waals surface area contributed by atoms with Crippen LogP contribution in [0, 0.1) is 0 Å². The summed E-state index contributed by atoms with van der Waals surface area (Å²) in [5, 5.41) is 9.27. The molecule has 1 aromatic rings. The Labute approximate surface area is 131 Å². The van der Waals surface area contributed by atoms with Crippen LogP contribution in [0.3, 0.4) is 0 Å². The smallest absolute Gasteiger partial charge is 0.231 e. The lowest BCUT2D eigenvalue weighted by Crippen LogP contribution is -2.36. The Morgan fingerprint density at radius 2 is 1.90 bits per heavy atom. The van der Waals surface area contributed by atoms with Crippen molar-refractivity contribution >= 4 is 23.5 Å². The van der Waals surface area contributed by atoms with E-state index in [1.54, 1.807) is 0 Å². The van der Waals surface area contributed by atoms with E-state index >= 15 is 0 Å². The molecular formula is C14H24ClN5O. The fourth-order valence-electron chi connectivity index (χ4n) is 2.52. The zero-order chi connectivity index (χ0) is 15.2. The molecule has 0 radical (unpaired) electrons. The van der Waals surface area contributed by atoms with E-state index in [1.165, 1.54) is 6.42 Å². The van der Waals surface area contributed by atoms with Crippen LogP contribution in [0.4, 0.5) is 11.9 Å². The van der Waals surface area contributed by atoms with Gasteiger partial charge in [-0.2, -0.15) is 15.0 Å². The highest BCUT2D eigenvalue weighted by Crippen LogP contribution is 2.21. The number of halogens is 1. The predicted octanol–water partition coefficient (Wildman–Crippen LogP) is 2.11. The molecular weight excluding hydrogens is 290 g/mol. The van der Waals surface area contributed by atoms with Crippen LogP contribution in [-0.2, 0) is 0 Å². The second-order valence-electron chi connectivity index (χ2n) is 5.62. The van der Waals surface area contributed by atoms with E-state index in [2.05, 4.69) is 38.6 Å². The number of piperidine rings is 1. The quantitative estimate of drug-likeness (QED) is 0.867. The zero-order valence-electron chi connectivity index (χ0n) is 12.8. The van der Waals surface area contributed by atoms with Gasteiger partial charge in [0.1, 0.15) is 0 Å². The highest BCUT2D eigenvalue weighted by Gasteiger charge is 2.19. The van der Waals surface area contributed by atoms with Crippen LogP contribution in [0.2, 0.25) is 5.28 Å². The maximum Gasteiger partial charge on any atom is 0.231 e. The summed E-state index contributed by atoms with van der Waals surface area (Å²) in [5.41, 5.74) is 0. The summed E-state index contributed by atoms with van der Waals surface area (Å²) < 4.78 is 0. The molecule has 0 aromatic carbocycles. The second kappa shape index (κ2) is 7.75. The third kappa shape index (κ3) is 4.41. The van der Waals surface area contributed by atoms with Crippen molar-refractivity contribution in [3.8, 4) is 0 Å². The molecule has 1 aliphatic rings. The summed E-state index contributed by atoms with van der Waals surface area (Å²) in [7, 11) is 0. The average Bonchev–Trinajstić information content (AvgIpc) is 2.48. The first-order chi connectivity index (χ1) is 10.1. The molecule has 0 spiro atoms. The van der Waals surface area contributed by atoms with E-state index in [1.807, 2.05) is 0 Å². The lowest BCUT2D eigenvalue weighted by atomic mass is 10.1. The van der Waals surface area contributed by atoms with Crippen LogP contribution in [0.25, 0.3) is 0 Å². The lowest BCUT2D eigenvalue weighted by molar-refractivity contribution is 0.288. The molecule has 0 unspecified atom stereocenters. The van der Waals surface area contributed by atoms with E-state index < -0.39 is 0 Å². The van der Waals surface area contributed by atoms with Gasteiger partial charge in [-0.3, -0.25) is 0 Å². The number of rotatable bonds is 6. The molecule has 0 aliphatic carbocycles. The second-order valence-corrected chi connectivity index (χ2v) is 5.95. The molecule has 1 aromatic heterocycles. The third-order valence-corrected chi connectivity index (χ3v) is 3.83. The topological polar surface area (TPSA) is 65.4 Å². The van der Waals surface area contributed by atoms with Crippen LogP contribution in [-0.4, -0.2) is 52.3 Å². The van der Waals surface area contributed by atoms with Gasteiger partial charge in [0.15, 0.2) is 0 Å². The highest BCUT2D eigenvalue weighted by molar-refractivity contribution is 6.28. The Balaban J connectivity index is 2.23. The average molecular weight is 314 g/mol. The van der Waals surface area contributed by atoms with Gasteiger partial charge in [-0.15, -0.1) is 0 Å². The van der Waals surface area contributed by atoms with Crippen molar-refractivity contribution in [2.45, 2.75) is 45.6 Å². The van der Waals surface area contributed by atoms with E-state index in [-0.39, 0.29) is 17.9 Å². The van der Waals surface area contributed by atoms with Crippen molar-refractivity contribution in [1.82, 2.24) is 15.0 Å². The number of hydrogen-bond donors (Lipinski definition) is 1. The van der Waals surface area contributed by atoms with Gasteiger partial charge in [-0.05, 0) is 51.1 Å². The van der Waals surface area contributed by atoms with Crippen LogP contribution < -0.4 is 9.80 Å². The normalized spacial score (nSPS) is 15.6. The summed E-state index contributed by atoms with van der Waals surface area (Å²) in [4.78, 5) is 17.4. The molecule has 118 valence electrons. The van der Waals surface area contributed by atoms with E-state index in [0.717, 1.165) is 25.9 Å². The van der Waals surface area contributed by atoms with Crippen LogP contribution >= 0.6 is 11.6 Å². The molecule has 2 heterocycles. The maximum absolute atomic E-state index is 9.04. The molecule has 1 saturated heterocycles. The molecule has 2 rings (SSSR count). The van der Waals surface area contributed by atoms with Crippen molar-refractivity contribution in [3.63, 3.8) is 0 Å². The van der Waals surface area contributed by atoms with Crippen LogP contribution in [0.1, 0.15) is 39.5 Å². The molecule has 7 heteroatoms. The van der Waals surface area contributed by atoms with Crippen LogP contribution in [0.5, 0.6) is 0 Å². The summed E-state index contributed by atoms with van der Waals surface area (Å²) in [5.74, 6) is 1.26. The van der Waals surface area contributed by atoms with E-state index in [4.69, 9.17) is 16.7 Å². The molecule has 0 amide bonds. The number of aliphatic hydroxyl groups is 1. The van der Waals surface area contributed by atoms with E-state index in [0.29, 0.717) is 24.9 Å². The summed E-state index contributed by atoms with van der Waals surface area (Å²) in [6.45, 7) is 6.95. The zero-order valence-corrected chi connectivity index (χ0v) is 13.6. The molecule has 21 heavy (non-hydrogen) atoms. The molecule has 1 fully saturated rings. The number of aromatic nitrogens is 3. The van der Waals surface area contributed by atoms with Gasteiger partial charge in [0, 0.05) is 32.3 Å².